The molecule has 0 aliphatic heterocycles. The van der Waals surface area contributed by atoms with E-state index < -0.39 is 10.8 Å². The Labute approximate surface area is 268 Å². The van der Waals surface area contributed by atoms with Crippen LogP contribution in [-0.2, 0) is 10.8 Å². The van der Waals surface area contributed by atoms with Crippen molar-refractivity contribution in [1.82, 2.24) is 0 Å². The van der Waals surface area contributed by atoms with Crippen molar-refractivity contribution in [3.05, 3.63) is 155 Å². The zero-order chi connectivity index (χ0) is 33.1. The zero-order valence-corrected chi connectivity index (χ0v) is 25.6. The third-order valence-electron chi connectivity index (χ3n) is 8.99. The smallest absolute Gasteiger partial charge is 0.123 e. The molecule has 0 fully saturated rings. The van der Waals surface area contributed by atoms with Crippen LogP contribution < -0.4 is 0 Å². The van der Waals surface area contributed by atoms with Crippen LogP contribution in [0.15, 0.2) is 133 Å². The minimum atomic E-state index is -0.744. The number of phenolic OH excluding ortho intramolecular Hbond substituents is 4. The Bertz CT molecular complexity index is 1910. The fourth-order valence-electron chi connectivity index (χ4n) is 6.30. The number of terminal acetylenes is 1. The van der Waals surface area contributed by atoms with E-state index in [-0.39, 0.29) is 40.4 Å². The molecule has 232 valence electrons. The first-order chi connectivity index (χ1) is 21.9. The zero-order valence-electron chi connectivity index (χ0n) is 25.6. The summed E-state index contributed by atoms with van der Waals surface area (Å²) in [4.78, 5) is 0. The van der Waals surface area contributed by atoms with Crippen molar-refractivity contribution in [2.75, 3.05) is 0 Å². The summed E-state index contributed by atoms with van der Waals surface area (Å²) in [6.45, 7) is 3.99. The van der Waals surface area contributed by atoms with Gasteiger partial charge in [0, 0.05) is 46.1 Å². The van der Waals surface area contributed by atoms with Gasteiger partial charge in [-0.05, 0) is 59.0 Å². The van der Waals surface area contributed by atoms with E-state index in [0.29, 0.717) is 17.5 Å². The predicted octanol–water partition coefficient (Wildman–Crippen LogP) is 8.44. The lowest BCUT2D eigenvalue weighted by Crippen LogP contribution is -2.31. The number of rotatable bonds is 9. The Hall–Kier alpha value is -5.80. The van der Waals surface area contributed by atoms with Gasteiger partial charge in [0.05, 0.1) is 0 Å². The Kier molecular flexibility index (Phi) is 8.71. The van der Waals surface area contributed by atoms with Crippen LogP contribution in [0.1, 0.15) is 42.5 Å². The van der Waals surface area contributed by atoms with E-state index in [9.17, 15) is 30.6 Å². The SMILES string of the molecule is C#C/C=C(O)\C=C/CC(C)(c1ccc(-c2ccc(C(C)(c3ccc(O)cc3O)C3C=CC(O)=C3)cc2)cc1)c1ccc(O)cc1O. The van der Waals surface area contributed by atoms with E-state index in [0.717, 1.165) is 22.3 Å². The molecule has 0 heterocycles. The number of hydrogen-bond donors (Lipinski definition) is 6. The standard InChI is InChI=1S/C40H36O6/c1-4-6-31(41)7-5-22-39(2,35-20-18-33(43)24-37(35)45)28-12-8-26(9-13-28)27-10-14-29(15-11-27)40(3,30-16-17-32(42)23-30)36-21-19-34(44)25-38(36)46/h1,5-21,23-25,30,41-46H,22H2,2-3H3/b7-5-,31-6+. The predicted molar refractivity (Wildman–Crippen MR) is 181 cm³/mol. The average Bonchev–Trinajstić information content (AvgIpc) is 3.47. The maximum Gasteiger partial charge on any atom is 0.123 e. The lowest BCUT2D eigenvalue weighted by Gasteiger charge is -2.36. The van der Waals surface area contributed by atoms with E-state index >= 15 is 0 Å². The average molecular weight is 613 g/mol. The second kappa shape index (κ2) is 12.7. The molecule has 46 heavy (non-hydrogen) atoms. The van der Waals surface area contributed by atoms with Crippen molar-refractivity contribution >= 4 is 0 Å². The van der Waals surface area contributed by atoms with Gasteiger partial charge in [0.2, 0.25) is 0 Å². The molecule has 0 radical (unpaired) electrons. The van der Waals surface area contributed by atoms with Crippen LogP contribution >= 0.6 is 0 Å². The summed E-state index contributed by atoms with van der Waals surface area (Å²) < 4.78 is 0. The van der Waals surface area contributed by atoms with E-state index in [2.05, 4.69) is 5.92 Å². The van der Waals surface area contributed by atoms with Gasteiger partial charge >= 0.3 is 0 Å². The first kappa shape index (κ1) is 31.6. The molecule has 1 aliphatic rings. The summed E-state index contributed by atoms with van der Waals surface area (Å²) >= 11 is 0. The van der Waals surface area contributed by atoms with Gasteiger partial charge < -0.3 is 30.6 Å². The molecule has 6 N–H and O–H groups in total. The lowest BCUT2D eigenvalue weighted by molar-refractivity contribution is 0.405. The summed E-state index contributed by atoms with van der Waals surface area (Å²) in [5, 5.41) is 61.6. The molecule has 0 saturated heterocycles. The van der Waals surface area contributed by atoms with Crippen molar-refractivity contribution < 1.29 is 30.6 Å². The van der Waals surface area contributed by atoms with Gasteiger partial charge in [0.1, 0.15) is 34.5 Å². The second-order valence-electron chi connectivity index (χ2n) is 11.9. The fraction of sp³-hybridized carbons (Fsp3) is 0.150. The van der Waals surface area contributed by atoms with E-state index in [1.807, 2.05) is 68.5 Å². The molecule has 3 atom stereocenters. The van der Waals surface area contributed by atoms with Crippen molar-refractivity contribution in [2.45, 2.75) is 31.1 Å². The highest BCUT2D eigenvalue weighted by Crippen LogP contribution is 2.47. The van der Waals surface area contributed by atoms with Crippen LogP contribution in [0.5, 0.6) is 23.0 Å². The van der Waals surface area contributed by atoms with Crippen molar-refractivity contribution in [3.63, 3.8) is 0 Å². The number of benzene rings is 4. The number of aromatic hydroxyl groups is 4. The van der Waals surface area contributed by atoms with Gasteiger partial charge in [0.25, 0.3) is 0 Å². The molecule has 0 aromatic heterocycles. The molecule has 4 aromatic carbocycles. The van der Waals surface area contributed by atoms with Crippen LogP contribution in [0.25, 0.3) is 11.1 Å². The van der Waals surface area contributed by atoms with Gasteiger partial charge in [-0.3, -0.25) is 0 Å². The van der Waals surface area contributed by atoms with Crippen molar-refractivity contribution in [1.29, 1.82) is 0 Å². The van der Waals surface area contributed by atoms with E-state index in [1.165, 1.54) is 30.4 Å². The highest BCUT2D eigenvalue weighted by atomic mass is 16.3. The molecule has 0 saturated carbocycles. The molecule has 4 aromatic rings. The van der Waals surface area contributed by atoms with E-state index in [4.69, 9.17) is 6.42 Å². The molecular formula is C40H36O6. The van der Waals surface area contributed by atoms with Crippen LogP contribution in [0.4, 0.5) is 0 Å². The third kappa shape index (κ3) is 6.09. The molecule has 6 heteroatoms. The van der Waals surface area contributed by atoms with Crippen LogP contribution in [0.2, 0.25) is 0 Å². The minimum Gasteiger partial charge on any atom is -0.508 e. The molecular weight excluding hydrogens is 576 g/mol. The number of aliphatic hydroxyl groups excluding tert-OH is 2. The quantitative estimate of drug-likeness (QED) is 0.0641. The molecule has 0 spiro atoms. The van der Waals surface area contributed by atoms with Gasteiger partial charge in [-0.2, -0.15) is 0 Å². The third-order valence-corrected chi connectivity index (χ3v) is 8.99. The first-order valence-electron chi connectivity index (χ1n) is 14.8. The number of aliphatic hydroxyl groups is 2. The fourth-order valence-corrected chi connectivity index (χ4v) is 6.30. The summed E-state index contributed by atoms with van der Waals surface area (Å²) in [5.74, 6) is 2.02. The highest BCUT2D eigenvalue weighted by Gasteiger charge is 2.39. The lowest BCUT2D eigenvalue weighted by atomic mass is 9.67. The van der Waals surface area contributed by atoms with Crippen LogP contribution in [0, 0.1) is 18.3 Å². The Morgan fingerprint density at radius 2 is 1.30 bits per heavy atom. The highest BCUT2D eigenvalue weighted by molar-refractivity contribution is 5.66. The molecule has 5 rings (SSSR count). The van der Waals surface area contributed by atoms with Gasteiger partial charge in [-0.15, -0.1) is 6.42 Å². The maximum absolute atomic E-state index is 10.8. The molecule has 3 unspecified atom stereocenters. The summed E-state index contributed by atoms with van der Waals surface area (Å²) in [7, 11) is 0. The van der Waals surface area contributed by atoms with Crippen molar-refractivity contribution in [3.8, 4) is 46.5 Å². The van der Waals surface area contributed by atoms with Crippen LogP contribution in [-0.4, -0.2) is 30.6 Å². The summed E-state index contributed by atoms with van der Waals surface area (Å²) in [6, 6.07) is 25.2. The number of hydrogen-bond acceptors (Lipinski definition) is 6. The largest absolute Gasteiger partial charge is 0.508 e. The number of allylic oxidation sites excluding steroid dienone is 6. The summed E-state index contributed by atoms with van der Waals surface area (Å²) in [6.07, 6.45) is 15.6. The topological polar surface area (TPSA) is 121 Å². The Morgan fingerprint density at radius 3 is 1.80 bits per heavy atom. The molecule has 1 aliphatic carbocycles. The van der Waals surface area contributed by atoms with Gasteiger partial charge in [-0.25, -0.2) is 0 Å². The summed E-state index contributed by atoms with van der Waals surface area (Å²) in [5.41, 5.74) is 3.54. The first-order valence-corrected chi connectivity index (χ1v) is 14.8. The maximum atomic E-state index is 10.8. The Balaban J connectivity index is 1.50. The Morgan fingerprint density at radius 1 is 0.761 bits per heavy atom. The monoisotopic (exact) mass is 612 g/mol. The molecule has 6 nitrogen and oxygen atoms in total. The van der Waals surface area contributed by atoms with Crippen molar-refractivity contribution in [2.24, 2.45) is 5.92 Å². The minimum absolute atomic E-state index is 0.0322. The van der Waals surface area contributed by atoms with Gasteiger partial charge in [-0.1, -0.05) is 92.6 Å². The number of phenols is 4. The normalized spacial score (nSPS) is 17.3. The molecule has 0 amide bonds. The van der Waals surface area contributed by atoms with Gasteiger partial charge in [0.15, 0.2) is 0 Å². The van der Waals surface area contributed by atoms with Crippen LogP contribution in [0.3, 0.4) is 0 Å². The second-order valence-corrected chi connectivity index (χ2v) is 11.9. The van der Waals surface area contributed by atoms with E-state index in [1.54, 1.807) is 36.4 Å². The molecule has 0 bridgehead atoms.